The highest BCUT2D eigenvalue weighted by atomic mass is 35.5. The Morgan fingerprint density at radius 1 is 1.38 bits per heavy atom. The van der Waals surface area contributed by atoms with E-state index in [9.17, 15) is 0 Å². The van der Waals surface area contributed by atoms with E-state index >= 15 is 0 Å². The van der Waals surface area contributed by atoms with E-state index in [1.165, 1.54) is 0 Å². The normalized spacial score (nSPS) is 13.3. The van der Waals surface area contributed by atoms with Crippen LogP contribution in [0.3, 0.4) is 0 Å². The third-order valence-corrected chi connectivity index (χ3v) is 3.41. The molecule has 0 aliphatic heterocycles. The molecule has 0 spiro atoms. The first-order valence-corrected chi connectivity index (χ1v) is 5.84. The van der Waals surface area contributed by atoms with Gasteiger partial charge in [-0.05, 0) is 26.0 Å². The van der Waals surface area contributed by atoms with Crippen molar-refractivity contribution in [1.29, 1.82) is 0 Å². The lowest BCUT2D eigenvalue weighted by atomic mass is 10.2. The lowest BCUT2D eigenvalue weighted by molar-refractivity contribution is 0.559. The molecule has 16 heavy (non-hydrogen) atoms. The van der Waals surface area contributed by atoms with Crippen LogP contribution in [0.2, 0.25) is 10.0 Å². The Hall–Kier alpha value is -0.770. The number of fused-ring (bicyclic) bond motifs is 1. The van der Waals surface area contributed by atoms with Gasteiger partial charge in [-0.3, -0.25) is 0 Å². The number of hydrogen-bond acceptors (Lipinski definition) is 2. The molecule has 2 rings (SSSR count). The van der Waals surface area contributed by atoms with Crippen LogP contribution in [0.5, 0.6) is 0 Å². The maximum Gasteiger partial charge on any atom is 0.107 e. The van der Waals surface area contributed by atoms with Crippen molar-refractivity contribution in [2.24, 2.45) is 5.73 Å². The predicted molar refractivity (Wildman–Crippen MR) is 68.3 cm³/mol. The van der Waals surface area contributed by atoms with Crippen molar-refractivity contribution in [2.45, 2.75) is 19.9 Å². The lowest BCUT2D eigenvalue weighted by Gasteiger charge is -2.14. The van der Waals surface area contributed by atoms with Gasteiger partial charge >= 0.3 is 0 Å². The first kappa shape index (κ1) is 11.7. The highest BCUT2D eigenvalue weighted by Crippen LogP contribution is 2.29. The quantitative estimate of drug-likeness (QED) is 0.899. The van der Waals surface area contributed by atoms with Crippen molar-refractivity contribution in [2.75, 3.05) is 6.54 Å². The summed E-state index contributed by atoms with van der Waals surface area (Å²) in [4.78, 5) is 4.45. The number of imidazole rings is 1. The third kappa shape index (κ3) is 1.79. The highest BCUT2D eigenvalue weighted by molar-refractivity contribution is 6.42. The number of hydrogen-bond donors (Lipinski definition) is 1. The van der Waals surface area contributed by atoms with Gasteiger partial charge in [-0.25, -0.2) is 4.98 Å². The van der Waals surface area contributed by atoms with E-state index in [-0.39, 0.29) is 6.04 Å². The summed E-state index contributed by atoms with van der Waals surface area (Å²) >= 11 is 12.0. The summed E-state index contributed by atoms with van der Waals surface area (Å²) in [7, 11) is 0. The minimum absolute atomic E-state index is 0.197. The van der Waals surface area contributed by atoms with Crippen LogP contribution in [0.1, 0.15) is 18.8 Å². The second-order valence-electron chi connectivity index (χ2n) is 3.87. The van der Waals surface area contributed by atoms with E-state index < -0.39 is 0 Å². The van der Waals surface area contributed by atoms with Gasteiger partial charge in [0.05, 0.1) is 21.1 Å². The first-order valence-electron chi connectivity index (χ1n) is 5.08. The monoisotopic (exact) mass is 257 g/mol. The molecule has 0 aliphatic carbocycles. The van der Waals surface area contributed by atoms with Crippen LogP contribution in [0.25, 0.3) is 11.0 Å². The van der Waals surface area contributed by atoms with Crippen LogP contribution in [-0.2, 0) is 0 Å². The Morgan fingerprint density at radius 2 is 2.00 bits per heavy atom. The Kier molecular flexibility index (Phi) is 3.10. The lowest BCUT2D eigenvalue weighted by Crippen LogP contribution is -2.16. The summed E-state index contributed by atoms with van der Waals surface area (Å²) in [5.41, 5.74) is 7.51. The minimum Gasteiger partial charge on any atom is -0.328 e. The minimum atomic E-state index is 0.197. The molecule has 3 nitrogen and oxygen atoms in total. The van der Waals surface area contributed by atoms with E-state index in [1.54, 1.807) is 6.07 Å². The summed E-state index contributed by atoms with van der Waals surface area (Å²) < 4.78 is 2.08. The average molecular weight is 258 g/mol. The number of benzene rings is 1. The molecular formula is C11H13Cl2N3. The number of rotatable bonds is 2. The van der Waals surface area contributed by atoms with E-state index in [2.05, 4.69) is 16.5 Å². The third-order valence-electron chi connectivity index (χ3n) is 2.69. The zero-order valence-electron chi connectivity index (χ0n) is 9.17. The molecule has 1 unspecified atom stereocenters. The van der Waals surface area contributed by atoms with Crippen LogP contribution < -0.4 is 5.73 Å². The first-order chi connectivity index (χ1) is 7.54. The van der Waals surface area contributed by atoms with Crippen molar-refractivity contribution in [3.8, 4) is 0 Å². The highest BCUT2D eigenvalue weighted by Gasteiger charge is 2.13. The Labute approximate surface area is 104 Å². The zero-order valence-corrected chi connectivity index (χ0v) is 10.7. The molecule has 0 saturated heterocycles. The average Bonchev–Trinajstić information content (AvgIpc) is 2.54. The molecule has 5 heteroatoms. The maximum absolute atomic E-state index is 6.01. The van der Waals surface area contributed by atoms with E-state index in [0.29, 0.717) is 16.6 Å². The van der Waals surface area contributed by atoms with Gasteiger partial charge in [0.2, 0.25) is 0 Å². The second-order valence-corrected chi connectivity index (χ2v) is 4.68. The molecule has 0 radical (unpaired) electrons. The largest absolute Gasteiger partial charge is 0.328 e. The van der Waals surface area contributed by atoms with Gasteiger partial charge in [0.15, 0.2) is 0 Å². The van der Waals surface area contributed by atoms with Gasteiger partial charge in [-0.1, -0.05) is 23.2 Å². The van der Waals surface area contributed by atoms with Crippen molar-refractivity contribution in [3.05, 3.63) is 28.0 Å². The Balaban J connectivity index is 2.73. The van der Waals surface area contributed by atoms with Crippen LogP contribution in [0, 0.1) is 6.92 Å². The fourth-order valence-electron chi connectivity index (χ4n) is 1.87. The number of nitrogens with two attached hydrogens (primary N) is 1. The molecule has 0 bridgehead atoms. The van der Waals surface area contributed by atoms with Gasteiger partial charge < -0.3 is 10.3 Å². The second kappa shape index (κ2) is 4.24. The Morgan fingerprint density at radius 3 is 2.62 bits per heavy atom. The van der Waals surface area contributed by atoms with Crippen molar-refractivity contribution in [1.82, 2.24) is 9.55 Å². The van der Waals surface area contributed by atoms with Gasteiger partial charge in [-0.15, -0.1) is 0 Å². The fraction of sp³-hybridized carbons (Fsp3) is 0.364. The van der Waals surface area contributed by atoms with Crippen LogP contribution in [0.15, 0.2) is 12.1 Å². The summed E-state index contributed by atoms with van der Waals surface area (Å²) in [6, 6.07) is 3.82. The van der Waals surface area contributed by atoms with Crippen LogP contribution in [0.4, 0.5) is 0 Å². The summed E-state index contributed by atoms with van der Waals surface area (Å²) in [6.07, 6.45) is 0. The topological polar surface area (TPSA) is 43.8 Å². The summed E-state index contributed by atoms with van der Waals surface area (Å²) in [5, 5.41) is 1.07. The molecule has 0 saturated carbocycles. The van der Waals surface area contributed by atoms with Crippen molar-refractivity contribution < 1.29 is 0 Å². The van der Waals surface area contributed by atoms with Gasteiger partial charge in [0.25, 0.3) is 0 Å². The molecule has 1 aromatic heterocycles. The van der Waals surface area contributed by atoms with Crippen LogP contribution >= 0.6 is 23.2 Å². The van der Waals surface area contributed by atoms with Crippen LogP contribution in [-0.4, -0.2) is 16.1 Å². The van der Waals surface area contributed by atoms with E-state index in [4.69, 9.17) is 28.9 Å². The van der Waals surface area contributed by atoms with Crippen molar-refractivity contribution >= 4 is 34.2 Å². The molecule has 86 valence electrons. The van der Waals surface area contributed by atoms with E-state index in [1.807, 2.05) is 13.0 Å². The fourth-order valence-corrected chi connectivity index (χ4v) is 2.19. The van der Waals surface area contributed by atoms with E-state index in [0.717, 1.165) is 16.9 Å². The SMILES string of the molecule is Cc1nc2cc(Cl)c(Cl)cc2n1C(C)CN. The number of nitrogens with zero attached hydrogens (tertiary/aromatic N) is 2. The van der Waals surface area contributed by atoms with Gasteiger partial charge in [0.1, 0.15) is 5.82 Å². The number of aromatic nitrogens is 2. The molecular weight excluding hydrogens is 245 g/mol. The zero-order chi connectivity index (χ0) is 11.9. The summed E-state index contributed by atoms with van der Waals surface area (Å²) in [5.74, 6) is 0.922. The Bertz CT molecular complexity index is 533. The smallest absolute Gasteiger partial charge is 0.107 e. The number of aryl methyl sites for hydroxylation is 1. The molecule has 2 aromatic rings. The van der Waals surface area contributed by atoms with Gasteiger partial charge in [-0.2, -0.15) is 0 Å². The molecule has 1 atom stereocenters. The van der Waals surface area contributed by atoms with Gasteiger partial charge in [0, 0.05) is 12.6 Å². The standard InChI is InChI=1S/C11H13Cl2N3/c1-6(5-14)16-7(2)15-10-3-8(12)9(13)4-11(10)16/h3-4,6H,5,14H2,1-2H3. The molecule has 1 aromatic carbocycles. The number of halogens is 2. The molecule has 1 heterocycles. The molecule has 0 fully saturated rings. The molecule has 0 aliphatic rings. The maximum atomic E-state index is 6.01. The van der Waals surface area contributed by atoms with Crippen molar-refractivity contribution in [3.63, 3.8) is 0 Å². The molecule has 0 amide bonds. The summed E-state index contributed by atoms with van der Waals surface area (Å²) in [6.45, 7) is 4.57. The molecule has 2 N–H and O–H groups in total. The predicted octanol–water partition coefficient (Wildman–Crippen LogP) is 3.17.